The lowest BCUT2D eigenvalue weighted by Gasteiger charge is -2.28. The SMILES string of the molecule is CCOC1=NC(Cc2ccccc2)(c2ccc(Cl)cc2)c2ccccc21. The maximum Gasteiger partial charge on any atom is 0.217 e. The second kappa shape index (κ2) is 6.97. The Morgan fingerprint density at radius 3 is 2.31 bits per heavy atom. The van der Waals surface area contributed by atoms with E-state index >= 15 is 0 Å². The Kier molecular flexibility index (Phi) is 4.52. The van der Waals surface area contributed by atoms with Gasteiger partial charge < -0.3 is 4.74 Å². The van der Waals surface area contributed by atoms with E-state index in [0.717, 1.165) is 22.6 Å². The highest BCUT2D eigenvalue weighted by Gasteiger charge is 2.42. The molecule has 4 rings (SSSR count). The van der Waals surface area contributed by atoms with E-state index in [9.17, 15) is 0 Å². The van der Waals surface area contributed by atoms with E-state index in [0.29, 0.717) is 12.5 Å². The fourth-order valence-corrected chi connectivity index (χ4v) is 3.77. The summed E-state index contributed by atoms with van der Waals surface area (Å²) in [7, 11) is 0. The topological polar surface area (TPSA) is 21.6 Å². The van der Waals surface area contributed by atoms with E-state index in [1.54, 1.807) is 0 Å². The summed E-state index contributed by atoms with van der Waals surface area (Å²) in [5.74, 6) is 0.717. The number of halogens is 1. The molecule has 0 spiro atoms. The Hall–Kier alpha value is -2.58. The van der Waals surface area contributed by atoms with Crippen molar-refractivity contribution in [1.29, 1.82) is 0 Å². The first-order chi connectivity index (χ1) is 12.7. The van der Waals surface area contributed by atoms with Crippen LogP contribution in [0.5, 0.6) is 0 Å². The molecule has 0 saturated heterocycles. The molecule has 0 saturated carbocycles. The number of ether oxygens (including phenoxy) is 1. The molecular weight excluding hydrogens is 342 g/mol. The van der Waals surface area contributed by atoms with E-state index in [1.165, 1.54) is 11.1 Å². The van der Waals surface area contributed by atoms with Gasteiger partial charge in [-0.15, -0.1) is 0 Å². The van der Waals surface area contributed by atoms with Gasteiger partial charge in [-0.3, -0.25) is 0 Å². The Morgan fingerprint density at radius 2 is 1.58 bits per heavy atom. The average molecular weight is 362 g/mol. The number of benzene rings is 3. The van der Waals surface area contributed by atoms with Gasteiger partial charge in [-0.05, 0) is 41.8 Å². The molecule has 2 nitrogen and oxygen atoms in total. The molecule has 0 aromatic heterocycles. The van der Waals surface area contributed by atoms with E-state index in [4.69, 9.17) is 21.3 Å². The van der Waals surface area contributed by atoms with Gasteiger partial charge in [0, 0.05) is 17.0 Å². The van der Waals surface area contributed by atoms with Crippen LogP contribution in [0.2, 0.25) is 5.02 Å². The van der Waals surface area contributed by atoms with Gasteiger partial charge in [0.2, 0.25) is 5.90 Å². The monoisotopic (exact) mass is 361 g/mol. The van der Waals surface area contributed by atoms with E-state index in [-0.39, 0.29) is 0 Å². The minimum absolute atomic E-state index is 0.507. The number of nitrogens with zero attached hydrogens (tertiary/aromatic N) is 1. The van der Waals surface area contributed by atoms with Crippen molar-refractivity contribution in [2.45, 2.75) is 18.9 Å². The van der Waals surface area contributed by atoms with Gasteiger partial charge in [0.15, 0.2) is 0 Å². The number of hydrogen-bond acceptors (Lipinski definition) is 2. The van der Waals surface area contributed by atoms with E-state index in [2.05, 4.69) is 54.6 Å². The molecule has 0 fully saturated rings. The zero-order valence-corrected chi connectivity index (χ0v) is 15.4. The van der Waals surface area contributed by atoms with Crippen molar-refractivity contribution in [3.05, 3.63) is 106 Å². The molecule has 0 bridgehead atoms. The third-order valence-corrected chi connectivity index (χ3v) is 5.05. The molecule has 0 radical (unpaired) electrons. The first kappa shape index (κ1) is 16.9. The summed E-state index contributed by atoms with van der Waals surface area (Å²) >= 11 is 6.14. The van der Waals surface area contributed by atoms with Crippen molar-refractivity contribution in [3.8, 4) is 0 Å². The molecule has 1 heterocycles. The maximum atomic E-state index is 6.14. The number of aliphatic imine (C=N–C) groups is 1. The molecule has 1 unspecified atom stereocenters. The standard InChI is InChI=1S/C23H20ClNO/c1-2-26-22-20-10-6-7-11-21(20)23(25-22,16-17-8-4-3-5-9-17)18-12-14-19(24)15-13-18/h3-15H,2,16H2,1H3. The molecule has 0 amide bonds. The summed E-state index contributed by atoms with van der Waals surface area (Å²) in [5, 5.41) is 0.726. The average Bonchev–Trinajstić information content (AvgIpc) is 2.98. The molecule has 1 atom stereocenters. The van der Waals surface area contributed by atoms with Crippen LogP contribution in [0.1, 0.15) is 29.2 Å². The molecular formula is C23H20ClNO. The van der Waals surface area contributed by atoms with E-state index < -0.39 is 5.54 Å². The minimum atomic E-state index is -0.507. The van der Waals surface area contributed by atoms with Crippen LogP contribution in [0.15, 0.2) is 83.9 Å². The Bertz CT molecular complexity index is 934. The minimum Gasteiger partial charge on any atom is -0.478 e. The Morgan fingerprint density at radius 1 is 0.885 bits per heavy atom. The molecule has 3 heteroatoms. The van der Waals surface area contributed by atoms with Crippen molar-refractivity contribution in [1.82, 2.24) is 0 Å². The molecule has 0 N–H and O–H groups in total. The van der Waals surface area contributed by atoms with Crippen molar-refractivity contribution >= 4 is 17.5 Å². The summed E-state index contributed by atoms with van der Waals surface area (Å²) in [4.78, 5) is 5.12. The van der Waals surface area contributed by atoms with Crippen LogP contribution in [0, 0.1) is 0 Å². The lowest BCUT2D eigenvalue weighted by molar-refractivity contribution is 0.325. The summed E-state index contributed by atoms with van der Waals surface area (Å²) in [6.45, 7) is 2.58. The second-order valence-corrected chi connectivity index (χ2v) is 6.86. The number of fused-ring (bicyclic) bond motifs is 1. The third kappa shape index (κ3) is 2.91. The largest absolute Gasteiger partial charge is 0.478 e. The van der Waals surface area contributed by atoms with Gasteiger partial charge in [-0.2, -0.15) is 0 Å². The Balaban J connectivity index is 1.93. The van der Waals surface area contributed by atoms with Crippen LogP contribution in [-0.2, 0) is 16.7 Å². The normalized spacial score (nSPS) is 18.3. The van der Waals surface area contributed by atoms with Crippen molar-refractivity contribution in [3.63, 3.8) is 0 Å². The molecule has 3 aromatic carbocycles. The molecule has 26 heavy (non-hydrogen) atoms. The highest BCUT2D eigenvalue weighted by Crippen LogP contribution is 2.44. The van der Waals surface area contributed by atoms with Crippen molar-refractivity contribution < 1.29 is 4.74 Å². The van der Waals surface area contributed by atoms with Gasteiger partial charge in [0.1, 0.15) is 5.54 Å². The first-order valence-electron chi connectivity index (χ1n) is 8.85. The molecule has 1 aliphatic rings. The number of hydrogen-bond donors (Lipinski definition) is 0. The van der Waals surface area contributed by atoms with Crippen LogP contribution in [0.3, 0.4) is 0 Å². The lowest BCUT2D eigenvalue weighted by atomic mass is 9.78. The Labute approximate surface area is 159 Å². The highest BCUT2D eigenvalue weighted by atomic mass is 35.5. The van der Waals surface area contributed by atoms with E-state index in [1.807, 2.05) is 31.2 Å². The summed E-state index contributed by atoms with van der Waals surface area (Å²) in [6.07, 6.45) is 0.767. The van der Waals surface area contributed by atoms with Crippen molar-refractivity contribution in [2.24, 2.45) is 4.99 Å². The number of rotatable bonds is 4. The maximum absolute atomic E-state index is 6.14. The molecule has 0 aliphatic carbocycles. The summed E-state index contributed by atoms with van der Waals surface area (Å²) in [6, 6.07) is 26.8. The van der Waals surface area contributed by atoms with Crippen LogP contribution >= 0.6 is 11.6 Å². The highest BCUT2D eigenvalue weighted by molar-refractivity contribution is 6.30. The molecule has 130 valence electrons. The van der Waals surface area contributed by atoms with Gasteiger partial charge in [0.25, 0.3) is 0 Å². The van der Waals surface area contributed by atoms with Crippen LogP contribution in [0.4, 0.5) is 0 Å². The van der Waals surface area contributed by atoms with Crippen molar-refractivity contribution in [2.75, 3.05) is 6.61 Å². The van der Waals surface area contributed by atoms with Gasteiger partial charge >= 0.3 is 0 Å². The van der Waals surface area contributed by atoms with Crippen LogP contribution < -0.4 is 0 Å². The zero-order valence-electron chi connectivity index (χ0n) is 14.7. The third-order valence-electron chi connectivity index (χ3n) is 4.80. The predicted octanol–water partition coefficient (Wildman–Crippen LogP) is 5.62. The second-order valence-electron chi connectivity index (χ2n) is 6.43. The van der Waals surface area contributed by atoms with Gasteiger partial charge in [-0.1, -0.05) is 72.3 Å². The fraction of sp³-hybridized carbons (Fsp3) is 0.174. The molecule has 1 aliphatic heterocycles. The summed E-state index contributed by atoms with van der Waals surface area (Å²) < 4.78 is 5.89. The van der Waals surface area contributed by atoms with Gasteiger partial charge in [-0.25, -0.2) is 4.99 Å². The fourth-order valence-electron chi connectivity index (χ4n) is 3.64. The predicted molar refractivity (Wildman–Crippen MR) is 107 cm³/mol. The van der Waals surface area contributed by atoms with Crippen LogP contribution in [0.25, 0.3) is 0 Å². The smallest absolute Gasteiger partial charge is 0.217 e. The first-order valence-corrected chi connectivity index (χ1v) is 9.23. The lowest BCUT2D eigenvalue weighted by Crippen LogP contribution is -2.26. The zero-order chi connectivity index (χ0) is 18.0. The van der Waals surface area contributed by atoms with Gasteiger partial charge in [0.05, 0.1) is 6.61 Å². The van der Waals surface area contributed by atoms with Crippen LogP contribution in [-0.4, -0.2) is 12.5 Å². The quantitative estimate of drug-likeness (QED) is 0.590. The summed E-state index contributed by atoms with van der Waals surface area (Å²) in [5.41, 5.74) is 4.09. The molecule has 3 aromatic rings.